The predicted molar refractivity (Wildman–Crippen MR) is 103 cm³/mol. The predicted octanol–water partition coefficient (Wildman–Crippen LogP) is 3.47. The molecule has 0 radical (unpaired) electrons. The van der Waals surface area contributed by atoms with Crippen LogP contribution >= 0.6 is 11.6 Å². The summed E-state index contributed by atoms with van der Waals surface area (Å²) in [6.45, 7) is 0.711. The lowest BCUT2D eigenvalue weighted by Gasteiger charge is -2.15. The Kier molecular flexibility index (Phi) is 8.27. The standard InChI is InChI=1S/C15H13ClFN3O2.C4H4O4/c1-20(8-10-11(16)4-2-5-12(10)17)9-14-18-19-15(22-14)13-6-3-7-21-13;5-3(6)1-2-4(7)8/h2-7H,8-9H2,1H3;1-2H,(H,5,6)(H,7,8)/b;2-1-. The molecule has 0 saturated carbocycles. The molecule has 0 fully saturated rings. The van der Waals surface area contributed by atoms with Crippen molar-refractivity contribution in [3.05, 3.63) is 71.0 Å². The minimum absolute atomic E-state index is 0.317. The number of rotatable bonds is 7. The van der Waals surface area contributed by atoms with E-state index >= 15 is 0 Å². The molecular weight excluding hydrogens is 421 g/mol. The molecule has 9 nitrogen and oxygen atoms in total. The third-order valence-corrected chi connectivity index (χ3v) is 3.82. The van der Waals surface area contributed by atoms with E-state index in [1.807, 2.05) is 11.9 Å². The number of aliphatic carboxylic acids is 2. The van der Waals surface area contributed by atoms with Gasteiger partial charge in [0.05, 0.1) is 12.8 Å². The molecular formula is C19H17ClFN3O6. The Balaban J connectivity index is 0.000000343. The lowest BCUT2D eigenvalue weighted by atomic mass is 10.2. The maximum Gasteiger partial charge on any atom is 0.328 e. The Morgan fingerprint density at radius 3 is 2.40 bits per heavy atom. The van der Waals surface area contributed by atoms with E-state index in [9.17, 15) is 14.0 Å². The van der Waals surface area contributed by atoms with Gasteiger partial charge in [0.25, 0.3) is 5.89 Å². The summed E-state index contributed by atoms with van der Waals surface area (Å²) in [6, 6.07) is 8.10. The van der Waals surface area contributed by atoms with E-state index in [4.69, 9.17) is 30.6 Å². The van der Waals surface area contributed by atoms with Gasteiger partial charge in [-0.1, -0.05) is 17.7 Å². The minimum atomic E-state index is -1.26. The summed E-state index contributed by atoms with van der Waals surface area (Å²) in [5.74, 6) is -1.60. The first kappa shape index (κ1) is 22.8. The number of benzene rings is 1. The Bertz CT molecular complexity index is 983. The van der Waals surface area contributed by atoms with Gasteiger partial charge in [-0.2, -0.15) is 0 Å². The van der Waals surface area contributed by atoms with Crippen molar-refractivity contribution in [2.45, 2.75) is 13.1 Å². The molecule has 3 rings (SSSR count). The van der Waals surface area contributed by atoms with E-state index in [0.29, 0.717) is 53.4 Å². The van der Waals surface area contributed by atoms with Crippen LogP contribution in [0.1, 0.15) is 11.5 Å². The fourth-order valence-corrected chi connectivity index (χ4v) is 2.42. The zero-order chi connectivity index (χ0) is 22.1. The monoisotopic (exact) mass is 437 g/mol. The van der Waals surface area contributed by atoms with Crippen LogP contribution in [0.15, 0.2) is 57.6 Å². The van der Waals surface area contributed by atoms with Crippen LogP contribution in [0, 0.1) is 5.82 Å². The van der Waals surface area contributed by atoms with Crippen molar-refractivity contribution in [3.63, 3.8) is 0 Å². The van der Waals surface area contributed by atoms with Gasteiger partial charge in [-0.05, 0) is 31.3 Å². The molecule has 1 aromatic carbocycles. The van der Waals surface area contributed by atoms with Crippen molar-refractivity contribution in [1.29, 1.82) is 0 Å². The van der Waals surface area contributed by atoms with Crippen LogP contribution in [-0.4, -0.2) is 44.3 Å². The molecule has 0 bridgehead atoms. The van der Waals surface area contributed by atoms with Gasteiger partial charge < -0.3 is 19.0 Å². The molecule has 0 amide bonds. The summed E-state index contributed by atoms with van der Waals surface area (Å²) in [4.78, 5) is 20.9. The third kappa shape index (κ3) is 7.15. The van der Waals surface area contributed by atoms with Crippen molar-refractivity contribution >= 4 is 23.5 Å². The largest absolute Gasteiger partial charge is 0.478 e. The Labute approximate surface area is 175 Å². The van der Waals surface area contributed by atoms with E-state index in [-0.39, 0.29) is 5.82 Å². The van der Waals surface area contributed by atoms with Gasteiger partial charge in [0, 0.05) is 29.3 Å². The van der Waals surface area contributed by atoms with Crippen molar-refractivity contribution in [3.8, 4) is 11.7 Å². The summed E-state index contributed by atoms with van der Waals surface area (Å²) in [5.41, 5.74) is 0.442. The number of carbonyl (C=O) groups is 2. The van der Waals surface area contributed by atoms with Crippen LogP contribution in [0.5, 0.6) is 0 Å². The molecule has 0 aliphatic carbocycles. The molecule has 11 heteroatoms. The van der Waals surface area contributed by atoms with Gasteiger partial charge in [0.15, 0.2) is 5.76 Å². The van der Waals surface area contributed by atoms with Crippen LogP contribution in [0.4, 0.5) is 4.39 Å². The van der Waals surface area contributed by atoms with Gasteiger partial charge in [0.2, 0.25) is 5.89 Å². The van der Waals surface area contributed by atoms with Gasteiger partial charge in [-0.15, -0.1) is 10.2 Å². The summed E-state index contributed by atoms with van der Waals surface area (Å²) in [5, 5.41) is 23.9. The first-order valence-corrected chi connectivity index (χ1v) is 8.75. The van der Waals surface area contributed by atoms with E-state index in [0.717, 1.165) is 0 Å². The summed E-state index contributed by atoms with van der Waals surface area (Å²) >= 11 is 6.02. The highest BCUT2D eigenvalue weighted by molar-refractivity contribution is 6.31. The fourth-order valence-electron chi connectivity index (χ4n) is 2.20. The zero-order valence-corrected chi connectivity index (χ0v) is 16.4. The maximum absolute atomic E-state index is 13.8. The number of furan rings is 1. The molecule has 2 heterocycles. The van der Waals surface area contributed by atoms with Gasteiger partial charge >= 0.3 is 11.9 Å². The first-order valence-electron chi connectivity index (χ1n) is 8.38. The Hall–Kier alpha value is -3.50. The van der Waals surface area contributed by atoms with Crippen molar-refractivity contribution in [2.24, 2.45) is 0 Å². The molecule has 2 aromatic heterocycles. The Morgan fingerprint density at radius 1 is 1.13 bits per heavy atom. The minimum Gasteiger partial charge on any atom is -0.478 e. The SMILES string of the molecule is CN(Cc1nnc(-c2ccco2)o1)Cc1c(F)cccc1Cl.O=C(O)/C=C\C(=O)O. The van der Waals surface area contributed by atoms with E-state index in [1.54, 1.807) is 24.3 Å². The second kappa shape index (κ2) is 10.9. The fraction of sp³-hybridized carbons (Fsp3) is 0.158. The number of carboxylic acid groups (broad SMARTS) is 2. The number of aromatic nitrogens is 2. The average molecular weight is 438 g/mol. The molecule has 158 valence electrons. The molecule has 0 atom stereocenters. The number of hydrogen-bond donors (Lipinski definition) is 2. The van der Waals surface area contributed by atoms with Gasteiger partial charge in [-0.3, -0.25) is 4.90 Å². The number of hydrogen-bond acceptors (Lipinski definition) is 7. The second-order valence-corrected chi connectivity index (χ2v) is 6.27. The van der Waals surface area contributed by atoms with E-state index < -0.39 is 11.9 Å². The quantitative estimate of drug-likeness (QED) is 0.533. The van der Waals surface area contributed by atoms with Crippen LogP contribution in [0.2, 0.25) is 5.02 Å². The second-order valence-electron chi connectivity index (χ2n) is 5.86. The number of carboxylic acids is 2. The lowest BCUT2D eigenvalue weighted by molar-refractivity contribution is -0.134. The average Bonchev–Trinajstić information content (AvgIpc) is 3.35. The summed E-state index contributed by atoms with van der Waals surface area (Å²) < 4.78 is 24.5. The molecule has 3 aromatic rings. The smallest absolute Gasteiger partial charge is 0.328 e. The molecule has 0 saturated heterocycles. The Morgan fingerprint density at radius 2 is 1.83 bits per heavy atom. The highest BCUT2D eigenvalue weighted by atomic mass is 35.5. The number of halogens is 2. The number of nitrogens with zero attached hydrogens (tertiary/aromatic N) is 3. The van der Waals surface area contributed by atoms with Crippen molar-refractivity contribution in [2.75, 3.05) is 7.05 Å². The van der Waals surface area contributed by atoms with Crippen molar-refractivity contribution in [1.82, 2.24) is 15.1 Å². The highest BCUT2D eigenvalue weighted by Crippen LogP contribution is 2.22. The molecule has 0 aliphatic rings. The molecule has 0 spiro atoms. The van der Waals surface area contributed by atoms with Crippen LogP contribution in [-0.2, 0) is 22.7 Å². The van der Waals surface area contributed by atoms with Crippen LogP contribution in [0.25, 0.3) is 11.7 Å². The lowest BCUT2D eigenvalue weighted by Crippen LogP contribution is -2.18. The van der Waals surface area contributed by atoms with E-state index in [2.05, 4.69) is 10.2 Å². The van der Waals surface area contributed by atoms with E-state index in [1.165, 1.54) is 12.3 Å². The van der Waals surface area contributed by atoms with Crippen molar-refractivity contribution < 1.29 is 33.0 Å². The zero-order valence-electron chi connectivity index (χ0n) is 15.7. The summed E-state index contributed by atoms with van der Waals surface area (Å²) in [6.07, 6.45) is 2.65. The molecule has 2 N–H and O–H groups in total. The molecule has 30 heavy (non-hydrogen) atoms. The third-order valence-electron chi connectivity index (χ3n) is 3.46. The topological polar surface area (TPSA) is 130 Å². The molecule has 0 unspecified atom stereocenters. The highest BCUT2D eigenvalue weighted by Gasteiger charge is 2.14. The van der Waals surface area contributed by atoms with Crippen LogP contribution in [0.3, 0.4) is 0 Å². The summed E-state index contributed by atoms with van der Waals surface area (Å²) in [7, 11) is 1.82. The molecule has 0 aliphatic heterocycles. The van der Waals surface area contributed by atoms with Gasteiger partial charge in [-0.25, -0.2) is 14.0 Å². The van der Waals surface area contributed by atoms with Gasteiger partial charge in [0.1, 0.15) is 5.82 Å². The van der Waals surface area contributed by atoms with Crippen LogP contribution < -0.4 is 0 Å². The maximum atomic E-state index is 13.8. The first-order chi connectivity index (χ1) is 14.3. The normalized spacial score (nSPS) is 10.8.